The molecule has 0 aliphatic heterocycles. The molecule has 1 fully saturated rings. The maximum absolute atomic E-state index is 12.1. The fourth-order valence-corrected chi connectivity index (χ4v) is 3.84. The first kappa shape index (κ1) is 22.2. The van der Waals surface area contributed by atoms with Crippen LogP contribution in [-0.4, -0.2) is 31.4 Å². The van der Waals surface area contributed by atoms with Crippen molar-refractivity contribution in [2.45, 2.75) is 63.9 Å². The van der Waals surface area contributed by atoms with Crippen molar-refractivity contribution in [1.82, 2.24) is 5.32 Å². The van der Waals surface area contributed by atoms with Crippen molar-refractivity contribution in [3.63, 3.8) is 0 Å². The number of nitrogens with one attached hydrogen (secondary N) is 2. The van der Waals surface area contributed by atoms with E-state index in [0.29, 0.717) is 5.69 Å². The third-order valence-electron chi connectivity index (χ3n) is 4.91. The summed E-state index contributed by atoms with van der Waals surface area (Å²) in [6.07, 6.45) is 0.512. The zero-order chi connectivity index (χ0) is 22.1. The van der Waals surface area contributed by atoms with E-state index in [9.17, 15) is 13.2 Å². The van der Waals surface area contributed by atoms with Crippen LogP contribution in [0.3, 0.4) is 0 Å². The molecule has 1 amide bonds. The van der Waals surface area contributed by atoms with Gasteiger partial charge in [0, 0.05) is 17.6 Å². The Hall–Kier alpha value is -2.54. The molecule has 2 atom stereocenters. The number of hydrogen-bond acceptors (Lipinski definition) is 4. The van der Waals surface area contributed by atoms with Crippen molar-refractivity contribution < 1.29 is 17.9 Å². The lowest BCUT2D eigenvalue weighted by Gasteiger charge is -2.19. The van der Waals surface area contributed by atoms with Crippen LogP contribution < -0.4 is 10.0 Å². The van der Waals surface area contributed by atoms with E-state index in [0.717, 1.165) is 23.1 Å². The van der Waals surface area contributed by atoms with Crippen LogP contribution in [0.25, 0.3) is 11.1 Å². The predicted octanol–water partition coefficient (Wildman–Crippen LogP) is 4.88. The first-order valence-corrected chi connectivity index (χ1v) is 11.7. The van der Waals surface area contributed by atoms with Gasteiger partial charge in [0.15, 0.2) is 0 Å². The zero-order valence-corrected chi connectivity index (χ0v) is 18.9. The van der Waals surface area contributed by atoms with E-state index in [2.05, 4.69) is 22.2 Å². The summed E-state index contributed by atoms with van der Waals surface area (Å²) in [6, 6.07) is 15.6. The van der Waals surface area contributed by atoms with Gasteiger partial charge in [0.25, 0.3) is 0 Å². The number of carbonyl (C=O) groups is 1. The van der Waals surface area contributed by atoms with E-state index < -0.39 is 20.9 Å². The van der Waals surface area contributed by atoms with Gasteiger partial charge in [-0.2, -0.15) is 0 Å². The Morgan fingerprint density at radius 2 is 1.73 bits per heavy atom. The fourth-order valence-electron chi connectivity index (χ4n) is 3.15. The molecule has 7 heteroatoms. The largest absolute Gasteiger partial charge is 0.444 e. The number of amides is 1. The van der Waals surface area contributed by atoms with Crippen LogP contribution in [0.4, 0.5) is 10.5 Å². The second kappa shape index (κ2) is 8.30. The fraction of sp³-hybridized carbons (Fsp3) is 0.435. The minimum atomic E-state index is -3.38. The molecule has 0 aromatic heterocycles. The smallest absolute Gasteiger partial charge is 0.407 e. The predicted molar refractivity (Wildman–Crippen MR) is 120 cm³/mol. The van der Waals surface area contributed by atoms with Gasteiger partial charge in [-0.3, -0.25) is 4.72 Å². The monoisotopic (exact) mass is 430 g/mol. The highest BCUT2D eigenvalue weighted by molar-refractivity contribution is 7.93. The third kappa shape index (κ3) is 5.75. The molecular weight excluding hydrogens is 400 g/mol. The maximum Gasteiger partial charge on any atom is 0.407 e. The highest BCUT2D eigenvalue weighted by Gasteiger charge is 2.40. The molecule has 1 unspecified atom stereocenters. The minimum absolute atomic E-state index is 0.0967. The third-order valence-corrected chi connectivity index (χ3v) is 6.67. The molecule has 0 saturated heterocycles. The average Bonchev–Trinajstić information content (AvgIpc) is 3.39. The van der Waals surface area contributed by atoms with Crippen molar-refractivity contribution in [3.05, 3.63) is 54.1 Å². The maximum atomic E-state index is 12.1. The number of sulfonamides is 1. The summed E-state index contributed by atoms with van der Waals surface area (Å²) >= 11 is 0. The van der Waals surface area contributed by atoms with E-state index in [1.54, 1.807) is 19.9 Å². The Labute approximate surface area is 179 Å². The molecule has 30 heavy (non-hydrogen) atoms. The van der Waals surface area contributed by atoms with Crippen molar-refractivity contribution in [2.24, 2.45) is 0 Å². The number of anilines is 1. The highest BCUT2D eigenvalue weighted by Crippen LogP contribution is 2.41. The standard InChI is InChI=1S/C23H30N2O4S/c1-15(2)30(27,28)25-19-8-6-7-18(13-19)16-9-11-17(12-10-16)20-14-21(20)24-22(26)29-23(3,4)5/h6-13,15,20-21,25H,14H2,1-5H3,(H,24,26)/t20-,21?/m1/s1. The molecule has 2 aromatic rings. The molecule has 1 aliphatic rings. The van der Waals surface area contributed by atoms with Crippen molar-refractivity contribution in [3.8, 4) is 11.1 Å². The highest BCUT2D eigenvalue weighted by atomic mass is 32.2. The second-order valence-electron chi connectivity index (χ2n) is 8.99. The van der Waals surface area contributed by atoms with Crippen LogP contribution in [0.1, 0.15) is 52.5 Å². The van der Waals surface area contributed by atoms with E-state index in [4.69, 9.17) is 4.74 Å². The van der Waals surface area contributed by atoms with Crippen LogP contribution in [0.2, 0.25) is 0 Å². The zero-order valence-electron chi connectivity index (χ0n) is 18.1. The molecule has 2 N–H and O–H groups in total. The molecule has 2 aromatic carbocycles. The Kier molecular flexibility index (Phi) is 6.13. The lowest BCUT2D eigenvalue weighted by atomic mass is 10.0. The molecular formula is C23H30N2O4S. The molecule has 0 heterocycles. The summed E-state index contributed by atoms with van der Waals surface area (Å²) in [5.74, 6) is 0.288. The first-order valence-electron chi connectivity index (χ1n) is 10.2. The Morgan fingerprint density at radius 1 is 1.07 bits per heavy atom. The summed E-state index contributed by atoms with van der Waals surface area (Å²) in [6.45, 7) is 8.83. The van der Waals surface area contributed by atoms with Gasteiger partial charge in [0.05, 0.1) is 5.25 Å². The summed E-state index contributed by atoms with van der Waals surface area (Å²) in [4.78, 5) is 11.9. The summed E-state index contributed by atoms with van der Waals surface area (Å²) in [5, 5.41) is 2.42. The molecule has 0 radical (unpaired) electrons. The topological polar surface area (TPSA) is 84.5 Å². The van der Waals surface area contributed by atoms with Gasteiger partial charge >= 0.3 is 6.09 Å². The Morgan fingerprint density at radius 3 is 2.33 bits per heavy atom. The normalized spacial score (nSPS) is 18.7. The van der Waals surface area contributed by atoms with Crippen molar-refractivity contribution in [1.29, 1.82) is 0 Å². The molecule has 1 aliphatic carbocycles. The summed E-state index contributed by atoms with van der Waals surface area (Å²) < 4.78 is 32.2. The van der Waals surface area contributed by atoms with Gasteiger partial charge < -0.3 is 10.1 Å². The lowest BCUT2D eigenvalue weighted by Crippen LogP contribution is -2.34. The Balaban J connectivity index is 1.64. The van der Waals surface area contributed by atoms with Crippen LogP contribution >= 0.6 is 0 Å². The second-order valence-corrected chi connectivity index (χ2v) is 11.2. The Bertz CT molecular complexity index is 1010. The number of benzene rings is 2. The number of alkyl carbamates (subject to hydrolysis) is 1. The summed E-state index contributed by atoms with van der Waals surface area (Å²) in [5.41, 5.74) is 3.14. The number of ether oxygens (including phenoxy) is 1. The number of rotatable bonds is 6. The molecule has 162 valence electrons. The minimum Gasteiger partial charge on any atom is -0.444 e. The average molecular weight is 431 g/mol. The number of hydrogen-bond donors (Lipinski definition) is 2. The SMILES string of the molecule is CC(C)S(=O)(=O)Nc1cccc(-c2ccc([C@H]3CC3NC(=O)OC(C)(C)C)cc2)c1. The first-order chi connectivity index (χ1) is 13.9. The molecule has 0 bridgehead atoms. The molecule has 1 saturated carbocycles. The van der Waals surface area contributed by atoms with E-state index in [1.165, 1.54) is 0 Å². The number of carbonyl (C=O) groups excluding carboxylic acids is 1. The summed E-state index contributed by atoms with van der Waals surface area (Å²) in [7, 11) is -3.38. The lowest BCUT2D eigenvalue weighted by molar-refractivity contribution is 0.0523. The van der Waals surface area contributed by atoms with Crippen LogP contribution in [0.15, 0.2) is 48.5 Å². The van der Waals surface area contributed by atoms with Gasteiger partial charge in [0.1, 0.15) is 5.60 Å². The van der Waals surface area contributed by atoms with E-state index in [1.807, 2.05) is 51.1 Å². The van der Waals surface area contributed by atoms with Gasteiger partial charge in [0.2, 0.25) is 10.0 Å². The van der Waals surface area contributed by atoms with E-state index in [-0.39, 0.29) is 18.1 Å². The molecule has 0 spiro atoms. The van der Waals surface area contributed by atoms with Gasteiger partial charge in [-0.05, 0) is 69.9 Å². The van der Waals surface area contributed by atoms with Crippen LogP contribution in [0, 0.1) is 0 Å². The quantitative estimate of drug-likeness (QED) is 0.684. The van der Waals surface area contributed by atoms with Crippen molar-refractivity contribution in [2.75, 3.05) is 4.72 Å². The van der Waals surface area contributed by atoms with Gasteiger partial charge in [-0.15, -0.1) is 0 Å². The van der Waals surface area contributed by atoms with Crippen LogP contribution in [0.5, 0.6) is 0 Å². The van der Waals surface area contributed by atoms with Crippen molar-refractivity contribution >= 4 is 21.8 Å². The molecule has 6 nitrogen and oxygen atoms in total. The van der Waals surface area contributed by atoms with Gasteiger partial charge in [-0.25, -0.2) is 13.2 Å². The van der Waals surface area contributed by atoms with Crippen LogP contribution in [-0.2, 0) is 14.8 Å². The van der Waals surface area contributed by atoms with Gasteiger partial charge in [-0.1, -0.05) is 36.4 Å². The van der Waals surface area contributed by atoms with E-state index >= 15 is 0 Å². The molecule has 3 rings (SSSR count).